The van der Waals surface area contributed by atoms with Crippen LogP contribution in [0.3, 0.4) is 0 Å². The summed E-state index contributed by atoms with van der Waals surface area (Å²) in [5.74, 6) is 0.570. The molecule has 0 radical (unpaired) electrons. The molecule has 0 saturated heterocycles. The Labute approximate surface area is 119 Å². The van der Waals surface area contributed by atoms with E-state index in [2.05, 4.69) is 5.10 Å². The number of carbonyl (C=O) groups excluding carboxylic acids is 1. The maximum Gasteiger partial charge on any atom is 0.215 e. The summed E-state index contributed by atoms with van der Waals surface area (Å²) in [5, 5.41) is 4.33. The predicted molar refractivity (Wildman–Crippen MR) is 78.5 cm³/mol. The number of carbonyl (C=O) groups is 1. The zero-order chi connectivity index (χ0) is 14.9. The summed E-state index contributed by atoms with van der Waals surface area (Å²) in [6, 6.07) is 5.73. The van der Waals surface area contributed by atoms with E-state index in [0.717, 1.165) is 23.2 Å². The number of ether oxygens (including phenoxy) is 1. The molecule has 0 bridgehead atoms. The van der Waals surface area contributed by atoms with Crippen LogP contribution in [0.4, 0.5) is 0 Å². The van der Waals surface area contributed by atoms with Crippen LogP contribution in [0, 0.1) is 13.8 Å². The molecule has 0 spiro atoms. The van der Waals surface area contributed by atoms with Gasteiger partial charge in [-0.3, -0.25) is 9.48 Å². The van der Waals surface area contributed by atoms with Gasteiger partial charge in [-0.2, -0.15) is 5.10 Å². The first-order valence-electron chi connectivity index (χ1n) is 6.70. The molecule has 1 aromatic heterocycles. The van der Waals surface area contributed by atoms with E-state index in [9.17, 15) is 4.79 Å². The molecule has 0 unspecified atom stereocenters. The zero-order valence-electron chi connectivity index (χ0n) is 12.7. The van der Waals surface area contributed by atoms with E-state index in [-0.39, 0.29) is 5.78 Å². The van der Waals surface area contributed by atoms with Crippen LogP contribution in [-0.4, -0.2) is 22.7 Å². The number of hydrogen-bond donors (Lipinski definition) is 0. The van der Waals surface area contributed by atoms with Gasteiger partial charge in [-0.25, -0.2) is 0 Å². The van der Waals surface area contributed by atoms with Crippen molar-refractivity contribution < 1.29 is 9.53 Å². The minimum Gasteiger partial charge on any atom is -0.496 e. The van der Waals surface area contributed by atoms with E-state index in [1.54, 1.807) is 18.8 Å². The van der Waals surface area contributed by atoms with Crippen molar-refractivity contribution in [3.05, 3.63) is 46.3 Å². The van der Waals surface area contributed by atoms with Crippen LogP contribution < -0.4 is 4.74 Å². The zero-order valence-corrected chi connectivity index (χ0v) is 12.7. The van der Waals surface area contributed by atoms with Gasteiger partial charge < -0.3 is 4.74 Å². The van der Waals surface area contributed by atoms with Crippen molar-refractivity contribution in [1.29, 1.82) is 0 Å². The number of benzene rings is 1. The van der Waals surface area contributed by atoms with Crippen LogP contribution in [0.1, 0.15) is 39.8 Å². The molecule has 0 aliphatic heterocycles. The normalized spacial score (nSPS) is 10.7. The summed E-state index contributed by atoms with van der Waals surface area (Å²) in [6.45, 7) is 5.94. The molecule has 0 aliphatic rings. The van der Waals surface area contributed by atoms with Crippen LogP contribution in [0.5, 0.6) is 5.75 Å². The van der Waals surface area contributed by atoms with E-state index < -0.39 is 0 Å². The van der Waals surface area contributed by atoms with Gasteiger partial charge in [0.2, 0.25) is 5.78 Å². The summed E-state index contributed by atoms with van der Waals surface area (Å²) in [4.78, 5) is 12.8. The quantitative estimate of drug-likeness (QED) is 0.804. The van der Waals surface area contributed by atoms with Crippen molar-refractivity contribution in [2.45, 2.75) is 27.2 Å². The molecular weight excluding hydrogens is 252 g/mol. The Kier molecular flexibility index (Phi) is 3.93. The Balaban J connectivity index is 2.55. The fourth-order valence-corrected chi connectivity index (χ4v) is 2.42. The molecule has 0 atom stereocenters. The van der Waals surface area contributed by atoms with Gasteiger partial charge in [-0.1, -0.05) is 13.0 Å². The lowest BCUT2D eigenvalue weighted by Gasteiger charge is -2.12. The Hall–Kier alpha value is -2.10. The van der Waals surface area contributed by atoms with Gasteiger partial charge in [0, 0.05) is 7.05 Å². The maximum atomic E-state index is 12.8. The molecular formula is C16H20N2O2. The smallest absolute Gasteiger partial charge is 0.215 e. The number of rotatable bonds is 4. The molecule has 0 N–H and O–H groups in total. The second-order valence-corrected chi connectivity index (χ2v) is 4.99. The van der Waals surface area contributed by atoms with E-state index in [1.165, 1.54) is 0 Å². The topological polar surface area (TPSA) is 44.1 Å². The van der Waals surface area contributed by atoms with Gasteiger partial charge in [-0.05, 0) is 43.5 Å². The summed E-state index contributed by atoms with van der Waals surface area (Å²) in [6.07, 6.45) is 0.811. The van der Waals surface area contributed by atoms with Gasteiger partial charge in [0.1, 0.15) is 11.4 Å². The van der Waals surface area contributed by atoms with E-state index in [4.69, 9.17) is 4.74 Å². The molecule has 4 heteroatoms. The van der Waals surface area contributed by atoms with Gasteiger partial charge in [0.25, 0.3) is 0 Å². The van der Waals surface area contributed by atoms with E-state index in [0.29, 0.717) is 17.0 Å². The highest BCUT2D eigenvalue weighted by molar-refractivity contribution is 6.10. The van der Waals surface area contributed by atoms with Crippen molar-refractivity contribution in [2.24, 2.45) is 7.05 Å². The molecule has 0 fully saturated rings. The van der Waals surface area contributed by atoms with Crippen molar-refractivity contribution >= 4 is 5.78 Å². The monoisotopic (exact) mass is 272 g/mol. The SMILES string of the molecule is CCc1cc(C(=O)c2c(C)cc(C)cc2OC)n(C)n1. The lowest BCUT2D eigenvalue weighted by Crippen LogP contribution is -2.11. The maximum absolute atomic E-state index is 12.8. The molecule has 20 heavy (non-hydrogen) atoms. The number of nitrogens with zero attached hydrogens (tertiary/aromatic N) is 2. The standard InChI is InChI=1S/C16H20N2O2/c1-6-12-9-13(18(4)17-12)16(19)15-11(3)7-10(2)8-14(15)20-5/h7-9H,6H2,1-5H3. The number of ketones is 1. The highest BCUT2D eigenvalue weighted by Crippen LogP contribution is 2.27. The molecule has 1 heterocycles. The minimum atomic E-state index is -0.0472. The Morgan fingerprint density at radius 3 is 2.55 bits per heavy atom. The highest BCUT2D eigenvalue weighted by Gasteiger charge is 2.21. The first kappa shape index (κ1) is 14.3. The third-order valence-corrected chi connectivity index (χ3v) is 3.42. The minimum absolute atomic E-state index is 0.0472. The average molecular weight is 272 g/mol. The molecule has 0 aliphatic carbocycles. The Bertz CT molecular complexity index is 657. The summed E-state index contributed by atoms with van der Waals surface area (Å²) < 4.78 is 7.01. The fraction of sp³-hybridized carbons (Fsp3) is 0.375. The predicted octanol–water partition coefficient (Wildman–Crippen LogP) is 2.84. The first-order valence-corrected chi connectivity index (χ1v) is 6.70. The van der Waals surface area contributed by atoms with Gasteiger partial charge in [0.05, 0.1) is 18.4 Å². The molecule has 2 aromatic rings. The second kappa shape index (κ2) is 5.49. The Morgan fingerprint density at radius 2 is 2.00 bits per heavy atom. The van der Waals surface area contributed by atoms with Crippen LogP contribution in [0.15, 0.2) is 18.2 Å². The summed E-state index contributed by atoms with van der Waals surface area (Å²) >= 11 is 0. The number of hydrogen-bond acceptors (Lipinski definition) is 3. The second-order valence-electron chi connectivity index (χ2n) is 4.99. The lowest BCUT2D eigenvalue weighted by atomic mass is 9.99. The van der Waals surface area contributed by atoms with E-state index >= 15 is 0 Å². The van der Waals surface area contributed by atoms with Crippen molar-refractivity contribution in [3.63, 3.8) is 0 Å². The van der Waals surface area contributed by atoms with Gasteiger partial charge >= 0.3 is 0 Å². The number of methoxy groups -OCH3 is 1. The molecule has 0 amide bonds. The van der Waals surface area contributed by atoms with Crippen LogP contribution in [0.25, 0.3) is 0 Å². The molecule has 106 valence electrons. The van der Waals surface area contributed by atoms with Crippen LogP contribution in [0.2, 0.25) is 0 Å². The molecule has 4 nitrogen and oxygen atoms in total. The number of aryl methyl sites for hydroxylation is 4. The van der Waals surface area contributed by atoms with Crippen molar-refractivity contribution in [3.8, 4) is 5.75 Å². The highest BCUT2D eigenvalue weighted by atomic mass is 16.5. The first-order chi connectivity index (χ1) is 9.47. The van der Waals surface area contributed by atoms with Crippen molar-refractivity contribution in [2.75, 3.05) is 7.11 Å². The van der Waals surface area contributed by atoms with Crippen LogP contribution in [-0.2, 0) is 13.5 Å². The molecule has 2 rings (SSSR count). The van der Waals surface area contributed by atoms with Crippen molar-refractivity contribution in [1.82, 2.24) is 9.78 Å². The lowest BCUT2D eigenvalue weighted by molar-refractivity contribution is 0.102. The molecule has 0 saturated carbocycles. The van der Waals surface area contributed by atoms with E-state index in [1.807, 2.05) is 39.0 Å². The average Bonchev–Trinajstić information content (AvgIpc) is 2.78. The fourth-order valence-electron chi connectivity index (χ4n) is 2.42. The largest absolute Gasteiger partial charge is 0.496 e. The van der Waals surface area contributed by atoms with Crippen LogP contribution >= 0.6 is 0 Å². The Morgan fingerprint density at radius 1 is 1.30 bits per heavy atom. The van der Waals surface area contributed by atoms with Gasteiger partial charge in [0.15, 0.2) is 0 Å². The molecule has 1 aromatic carbocycles. The van der Waals surface area contributed by atoms with Gasteiger partial charge in [-0.15, -0.1) is 0 Å². The summed E-state index contributed by atoms with van der Waals surface area (Å²) in [5.41, 5.74) is 4.12. The third kappa shape index (κ3) is 2.46. The number of aromatic nitrogens is 2. The summed E-state index contributed by atoms with van der Waals surface area (Å²) in [7, 11) is 3.38. The third-order valence-electron chi connectivity index (χ3n) is 3.42.